The highest BCUT2D eigenvalue weighted by Crippen LogP contribution is 2.15. The second-order valence-electron chi connectivity index (χ2n) is 5.33. The fraction of sp³-hybridized carbons (Fsp3) is 0.353. The van der Waals surface area contributed by atoms with Crippen molar-refractivity contribution in [3.63, 3.8) is 0 Å². The van der Waals surface area contributed by atoms with Crippen LogP contribution in [-0.4, -0.2) is 11.0 Å². The summed E-state index contributed by atoms with van der Waals surface area (Å²) in [6, 6.07) is 11.4. The molecule has 0 atom stereocenters. The number of hydrogen-bond acceptors (Lipinski definition) is 2. The molecule has 1 aromatic heterocycles. The zero-order chi connectivity index (χ0) is 13.7. The van der Waals surface area contributed by atoms with Gasteiger partial charge in [0, 0.05) is 25.0 Å². The minimum Gasteiger partial charge on any atom is -0.310 e. The molecule has 0 amide bonds. The summed E-state index contributed by atoms with van der Waals surface area (Å²) >= 11 is 0. The lowest BCUT2D eigenvalue weighted by molar-refractivity contribution is 0.588. The van der Waals surface area contributed by atoms with E-state index in [-0.39, 0.29) is 0 Å². The first-order valence-electron chi connectivity index (χ1n) is 6.86. The molecule has 2 nitrogen and oxygen atoms in total. The summed E-state index contributed by atoms with van der Waals surface area (Å²) in [7, 11) is 0. The Morgan fingerprint density at radius 3 is 2.68 bits per heavy atom. The Morgan fingerprint density at radius 2 is 2.00 bits per heavy atom. The lowest BCUT2D eigenvalue weighted by Gasteiger charge is -2.11. The van der Waals surface area contributed by atoms with E-state index in [0.717, 1.165) is 13.0 Å². The molecule has 0 fully saturated rings. The Hall–Kier alpha value is -1.67. The average molecular weight is 254 g/mol. The number of aromatic nitrogens is 1. The SMILES string of the molecule is Cc1ccc(CNC(C)C)cc1Cc1cccnc1. The van der Waals surface area contributed by atoms with E-state index in [0.29, 0.717) is 6.04 Å². The van der Waals surface area contributed by atoms with E-state index in [1.165, 1.54) is 22.3 Å². The van der Waals surface area contributed by atoms with Gasteiger partial charge in [-0.1, -0.05) is 38.1 Å². The standard InChI is InChI=1S/C17H22N2/c1-13(2)19-12-16-7-6-14(3)17(10-16)9-15-5-4-8-18-11-15/h4-8,10-11,13,19H,9,12H2,1-3H3. The lowest BCUT2D eigenvalue weighted by Crippen LogP contribution is -2.21. The van der Waals surface area contributed by atoms with Crippen LogP contribution < -0.4 is 5.32 Å². The van der Waals surface area contributed by atoms with Gasteiger partial charge in [0.15, 0.2) is 0 Å². The topological polar surface area (TPSA) is 24.9 Å². The fourth-order valence-corrected chi connectivity index (χ4v) is 2.07. The van der Waals surface area contributed by atoms with Crippen LogP contribution in [0.5, 0.6) is 0 Å². The van der Waals surface area contributed by atoms with Gasteiger partial charge >= 0.3 is 0 Å². The quantitative estimate of drug-likeness (QED) is 0.883. The van der Waals surface area contributed by atoms with Crippen LogP contribution in [0, 0.1) is 6.92 Å². The van der Waals surface area contributed by atoms with Crippen molar-refractivity contribution in [1.29, 1.82) is 0 Å². The molecule has 0 saturated heterocycles. The van der Waals surface area contributed by atoms with Gasteiger partial charge < -0.3 is 5.32 Å². The highest BCUT2D eigenvalue weighted by atomic mass is 14.9. The maximum Gasteiger partial charge on any atom is 0.0303 e. The highest BCUT2D eigenvalue weighted by Gasteiger charge is 2.03. The van der Waals surface area contributed by atoms with Gasteiger partial charge in [-0.2, -0.15) is 0 Å². The predicted molar refractivity (Wildman–Crippen MR) is 80.2 cm³/mol. The average Bonchev–Trinajstić information content (AvgIpc) is 2.41. The molecule has 100 valence electrons. The van der Waals surface area contributed by atoms with Gasteiger partial charge in [0.25, 0.3) is 0 Å². The molecule has 0 radical (unpaired) electrons. The molecule has 0 bridgehead atoms. The number of nitrogens with zero attached hydrogens (tertiary/aromatic N) is 1. The maximum absolute atomic E-state index is 4.18. The third kappa shape index (κ3) is 4.18. The monoisotopic (exact) mass is 254 g/mol. The Morgan fingerprint density at radius 1 is 1.16 bits per heavy atom. The van der Waals surface area contributed by atoms with Crippen LogP contribution in [0.25, 0.3) is 0 Å². The minimum atomic E-state index is 0.517. The summed E-state index contributed by atoms with van der Waals surface area (Å²) in [5.74, 6) is 0. The summed E-state index contributed by atoms with van der Waals surface area (Å²) in [4.78, 5) is 4.18. The largest absolute Gasteiger partial charge is 0.310 e. The zero-order valence-electron chi connectivity index (χ0n) is 12.0. The molecule has 1 heterocycles. The summed E-state index contributed by atoms with van der Waals surface area (Å²) in [5, 5.41) is 3.46. The van der Waals surface area contributed by atoms with Gasteiger partial charge in [-0.05, 0) is 41.7 Å². The molecule has 0 unspecified atom stereocenters. The summed E-state index contributed by atoms with van der Waals surface area (Å²) in [6.45, 7) is 7.44. The number of aryl methyl sites for hydroxylation is 1. The fourth-order valence-electron chi connectivity index (χ4n) is 2.07. The summed E-state index contributed by atoms with van der Waals surface area (Å²) in [5.41, 5.74) is 5.34. The van der Waals surface area contributed by atoms with Crippen LogP contribution in [-0.2, 0) is 13.0 Å². The van der Waals surface area contributed by atoms with Crippen molar-refractivity contribution < 1.29 is 0 Å². The van der Waals surface area contributed by atoms with E-state index in [1.807, 2.05) is 18.5 Å². The second-order valence-corrected chi connectivity index (χ2v) is 5.33. The van der Waals surface area contributed by atoms with Crippen LogP contribution >= 0.6 is 0 Å². The Kier molecular flexibility index (Phi) is 4.69. The molecule has 2 rings (SSSR count). The summed E-state index contributed by atoms with van der Waals surface area (Å²) < 4.78 is 0. The molecule has 2 heteroatoms. The highest BCUT2D eigenvalue weighted by molar-refractivity contribution is 5.34. The molecular weight excluding hydrogens is 232 g/mol. The number of benzene rings is 1. The third-order valence-corrected chi connectivity index (χ3v) is 3.25. The first-order valence-corrected chi connectivity index (χ1v) is 6.86. The van der Waals surface area contributed by atoms with Gasteiger partial charge in [0.05, 0.1) is 0 Å². The normalized spacial score (nSPS) is 10.9. The molecule has 1 aromatic carbocycles. The molecule has 0 spiro atoms. The van der Waals surface area contributed by atoms with Crippen molar-refractivity contribution >= 4 is 0 Å². The van der Waals surface area contributed by atoms with Crippen molar-refractivity contribution in [2.24, 2.45) is 0 Å². The summed E-state index contributed by atoms with van der Waals surface area (Å²) in [6.07, 6.45) is 4.72. The Bertz CT molecular complexity index is 518. The molecule has 0 aliphatic heterocycles. The van der Waals surface area contributed by atoms with E-state index >= 15 is 0 Å². The predicted octanol–water partition coefficient (Wildman–Crippen LogP) is 3.48. The van der Waals surface area contributed by atoms with Gasteiger partial charge in [0.1, 0.15) is 0 Å². The zero-order valence-corrected chi connectivity index (χ0v) is 12.0. The van der Waals surface area contributed by atoms with E-state index in [1.54, 1.807) is 0 Å². The van der Waals surface area contributed by atoms with Crippen molar-refractivity contribution in [1.82, 2.24) is 10.3 Å². The number of nitrogens with one attached hydrogen (secondary N) is 1. The molecule has 0 saturated carbocycles. The number of hydrogen-bond donors (Lipinski definition) is 1. The minimum absolute atomic E-state index is 0.517. The van der Waals surface area contributed by atoms with Gasteiger partial charge in [-0.25, -0.2) is 0 Å². The van der Waals surface area contributed by atoms with Crippen molar-refractivity contribution in [3.8, 4) is 0 Å². The van der Waals surface area contributed by atoms with E-state index in [9.17, 15) is 0 Å². The molecule has 19 heavy (non-hydrogen) atoms. The smallest absolute Gasteiger partial charge is 0.0303 e. The number of pyridine rings is 1. The third-order valence-electron chi connectivity index (χ3n) is 3.25. The van der Waals surface area contributed by atoms with Gasteiger partial charge in [-0.15, -0.1) is 0 Å². The van der Waals surface area contributed by atoms with Gasteiger partial charge in [0.2, 0.25) is 0 Å². The molecule has 2 aromatic rings. The molecular formula is C17H22N2. The Balaban J connectivity index is 2.13. The molecule has 0 aliphatic carbocycles. The van der Waals surface area contributed by atoms with Crippen molar-refractivity contribution in [3.05, 3.63) is 65.0 Å². The van der Waals surface area contributed by atoms with Crippen LogP contribution in [0.1, 0.15) is 36.1 Å². The number of rotatable bonds is 5. The van der Waals surface area contributed by atoms with Crippen LogP contribution in [0.2, 0.25) is 0 Å². The van der Waals surface area contributed by atoms with E-state index < -0.39 is 0 Å². The first-order chi connectivity index (χ1) is 9.15. The maximum atomic E-state index is 4.18. The Labute approximate surface area is 115 Å². The van der Waals surface area contributed by atoms with Crippen LogP contribution in [0.4, 0.5) is 0 Å². The van der Waals surface area contributed by atoms with E-state index in [2.05, 4.69) is 55.3 Å². The van der Waals surface area contributed by atoms with Crippen molar-refractivity contribution in [2.75, 3.05) is 0 Å². The molecule has 1 N–H and O–H groups in total. The van der Waals surface area contributed by atoms with Crippen LogP contribution in [0.15, 0.2) is 42.7 Å². The lowest BCUT2D eigenvalue weighted by atomic mass is 9.99. The molecule has 0 aliphatic rings. The second kappa shape index (κ2) is 6.48. The van der Waals surface area contributed by atoms with Crippen molar-refractivity contribution in [2.45, 2.75) is 39.8 Å². The first kappa shape index (κ1) is 13.8. The van der Waals surface area contributed by atoms with E-state index in [4.69, 9.17) is 0 Å². The van der Waals surface area contributed by atoms with Crippen LogP contribution in [0.3, 0.4) is 0 Å². The van der Waals surface area contributed by atoms with Gasteiger partial charge in [-0.3, -0.25) is 4.98 Å².